The van der Waals surface area contributed by atoms with Gasteiger partial charge in [-0.15, -0.1) is 13.2 Å². The van der Waals surface area contributed by atoms with Gasteiger partial charge >= 0.3 is 12.3 Å². The molecule has 0 saturated heterocycles. The minimum atomic E-state index is -4.94. The van der Waals surface area contributed by atoms with Crippen LogP contribution in [0.4, 0.5) is 18.9 Å². The van der Waals surface area contributed by atoms with Crippen molar-refractivity contribution in [1.29, 1.82) is 0 Å². The number of nitrogens with zero attached hydrogens (tertiary/aromatic N) is 1. The summed E-state index contributed by atoms with van der Waals surface area (Å²) in [6.07, 6.45) is -4.94. The largest absolute Gasteiger partial charge is 0.522 e. The Labute approximate surface area is 97.7 Å². The Balaban J connectivity index is 3.15. The fourth-order valence-corrected chi connectivity index (χ4v) is 1.27. The number of hydrogen-bond donors (Lipinski definition) is 1. The molecule has 98 valence electrons. The van der Waals surface area contributed by atoms with E-state index < -0.39 is 40.7 Å². The molecule has 0 aliphatic carbocycles. The highest BCUT2D eigenvalue weighted by Crippen LogP contribution is 2.25. The molecular formula is C9H6F3NO5. The molecule has 0 aromatic heterocycles. The third-order valence-electron chi connectivity index (χ3n) is 1.93. The molecule has 18 heavy (non-hydrogen) atoms. The van der Waals surface area contributed by atoms with E-state index in [1.165, 1.54) is 0 Å². The number of carboxylic acids is 1. The molecule has 0 unspecified atom stereocenters. The molecule has 9 heteroatoms. The van der Waals surface area contributed by atoms with Gasteiger partial charge in [0, 0.05) is 6.07 Å². The van der Waals surface area contributed by atoms with Crippen LogP contribution >= 0.6 is 0 Å². The van der Waals surface area contributed by atoms with Crippen molar-refractivity contribution in [2.45, 2.75) is 13.0 Å². The number of hydrogen-bond acceptors (Lipinski definition) is 4. The predicted molar refractivity (Wildman–Crippen MR) is 50.9 cm³/mol. The quantitative estimate of drug-likeness (QED) is 0.666. The molecule has 0 aliphatic heterocycles. The van der Waals surface area contributed by atoms with Crippen LogP contribution in [0.15, 0.2) is 18.2 Å². The van der Waals surface area contributed by atoms with E-state index >= 15 is 0 Å². The van der Waals surface area contributed by atoms with Gasteiger partial charge in [-0.1, -0.05) is 12.1 Å². The lowest BCUT2D eigenvalue weighted by Gasteiger charge is -2.09. The number of benzene rings is 1. The van der Waals surface area contributed by atoms with Crippen molar-refractivity contribution >= 4 is 11.7 Å². The van der Waals surface area contributed by atoms with Crippen LogP contribution in [0.25, 0.3) is 0 Å². The van der Waals surface area contributed by atoms with Gasteiger partial charge in [-0.05, 0) is 5.56 Å². The standard InChI is InChI=1S/C9H6F3NO5/c10-9(11,12)18-4-5-2-1-3-6(13(16)17)7(5)8(14)15/h1-3H,4H2,(H,14,15). The summed E-state index contributed by atoms with van der Waals surface area (Å²) in [6.45, 7) is -1.10. The van der Waals surface area contributed by atoms with Crippen molar-refractivity contribution in [3.05, 3.63) is 39.4 Å². The van der Waals surface area contributed by atoms with Crippen LogP contribution < -0.4 is 0 Å². The van der Waals surface area contributed by atoms with Crippen molar-refractivity contribution in [3.63, 3.8) is 0 Å². The number of nitro benzene ring substituents is 1. The van der Waals surface area contributed by atoms with Gasteiger partial charge in [0.15, 0.2) is 0 Å². The molecule has 1 aromatic carbocycles. The van der Waals surface area contributed by atoms with Crippen molar-refractivity contribution in [1.82, 2.24) is 0 Å². The lowest BCUT2D eigenvalue weighted by atomic mass is 10.1. The molecule has 0 heterocycles. The van der Waals surface area contributed by atoms with Gasteiger partial charge in [0.25, 0.3) is 5.69 Å². The summed E-state index contributed by atoms with van der Waals surface area (Å²) in [7, 11) is 0. The molecule has 0 fully saturated rings. The van der Waals surface area contributed by atoms with E-state index in [0.29, 0.717) is 0 Å². The van der Waals surface area contributed by atoms with E-state index in [0.717, 1.165) is 18.2 Å². The highest BCUT2D eigenvalue weighted by atomic mass is 19.4. The summed E-state index contributed by atoms with van der Waals surface area (Å²) in [5, 5.41) is 19.3. The zero-order valence-corrected chi connectivity index (χ0v) is 8.60. The summed E-state index contributed by atoms with van der Waals surface area (Å²) >= 11 is 0. The van der Waals surface area contributed by atoms with E-state index in [1.54, 1.807) is 0 Å². The Kier molecular flexibility index (Phi) is 3.86. The molecular weight excluding hydrogens is 259 g/mol. The number of halogens is 3. The first-order valence-corrected chi connectivity index (χ1v) is 4.42. The van der Waals surface area contributed by atoms with Crippen LogP contribution in [0.5, 0.6) is 0 Å². The van der Waals surface area contributed by atoms with Gasteiger partial charge in [0.05, 0.1) is 11.5 Å². The maximum absolute atomic E-state index is 11.8. The highest BCUT2D eigenvalue weighted by molar-refractivity contribution is 5.94. The number of ether oxygens (including phenoxy) is 1. The second-order valence-electron chi connectivity index (χ2n) is 3.11. The van der Waals surface area contributed by atoms with Crippen LogP contribution in [-0.2, 0) is 11.3 Å². The number of carboxylic acid groups (broad SMARTS) is 1. The van der Waals surface area contributed by atoms with Gasteiger partial charge in [-0.2, -0.15) is 0 Å². The van der Waals surface area contributed by atoms with E-state index in [4.69, 9.17) is 5.11 Å². The summed E-state index contributed by atoms with van der Waals surface area (Å²) in [5.41, 5.74) is -2.02. The zero-order chi connectivity index (χ0) is 13.9. The molecule has 0 saturated carbocycles. The first kappa shape index (κ1) is 13.9. The number of aromatic carboxylic acids is 1. The third-order valence-corrected chi connectivity index (χ3v) is 1.93. The van der Waals surface area contributed by atoms with Gasteiger partial charge in [0.2, 0.25) is 0 Å². The minimum absolute atomic E-state index is 0.422. The average Bonchev–Trinajstić information content (AvgIpc) is 2.24. The third kappa shape index (κ3) is 3.42. The van der Waals surface area contributed by atoms with Crippen molar-refractivity contribution in [2.24, 2.45) is 0 Å². The summed E-state index contributed by atoms with van der Waals surface area (Å²) in [4.78, 5) is 20.4. The Morgan fingerprint density at radius 3 is 2.50 bits per heavy atom. The van der Waals surface area contributed by atoms with Crippen molar-refractivity contribution < 1.29 is 32.7 Å². The maximum Gasteiger partial charge on any atom is 0.522 e. The van der Waals surface area contributed by atoms with Crippen molar-refractivity contribution in [2.75, 3.05) is 0 Å². The molecule has 0 amide bonds. The fourth-order valence-electron chi connectivity index (χ4n) is 1.27. The summed E-state index contributed by atoms with van der Waals surface area (Å²) in [6, 6.07) is 2.99. The van der Waals surface area contributed by atoms with Crippen LogP contribution in [0.2, 0.25) is 0 Å². The van der Waals surface area contributed by atoms with E-state index in [1.807, 2.05) is 0 Å². The molecule has 0 radical (unpaired) electrons. The molecule has 1 aromatic rings. The summed E-state index contributed by atoms with van der Waals surface area (Å²) < 4.78 is 38.9. The second kappa shape index (κ2) is 5.00. The second-order valence-corrected chi connectivity index (χ2v) is 3.11. The SMILES string of the molecule is O=C(O)c1c(COC(F)(F)F)cccc1[N+](=O)[O-]. The Bertz CT molecular complexity index is 486. The maximum atomic E-state index is 11.8. The Morgan fingerprint density at radius 1 is 1.44 bits per heavy atom. The van der Waals surface area contributed by atoms with Gasteiger partial charge in [0.1, 0.15) is 5.56 Å². The number of nitro groups is 1. The first-order chi connectivity index (χ1) is 8.22. The molecule has 6 nitrogen and oxygen atoms in total. The number of carbonyl (C=O) groups is 1. The lowest BCUT2D eigenvalue weighted by Crippen LogP contribution is -2.15. The minimum Gasteiger partial charge on any atom is -0.477 e. The Hall–Kier alpha value is -2.16. The molecule has 0 atom stereocenters. The molecule has 0 aliphatic rings. The average molecular weight is 265 g/mol. The molecule has 0 bridgehead atoms. The zero-order valence-electron chi connectivity index (χ0n) is 8.60. The topological polar surface area (TPSA) is 89.7 Å². The normalized spacial score (nSPS) is 11.3. The smallest absolute Gasteiger partial charge is 0.477 e. The molecule has 1 rings (SSSR count). The fraction of sp³-hybridized carbons (Fsp3) is 0.222. The van der Waals surface area contributed by atoms with Crippen LogP contribution in [-0.4, -0.2) is 22.4 Å². The van der Waals surface area contributed by atoms with E-state index in [-0.39, 0.29) is 0 Å². The number of alkyl halides is 3. The van der Waals surface area contributed by atoms with Crippen LogP contribution in [0.3, 0.4) is 0 Å². The Morgan fingerprint density at radius 2 is 2.06 bits per heavy atom. The molecule has 1 N–H and O–H groups in total. The number of rotatable bonds is 4. The van der Waals surface area contributed by atoms with Gasteiger partial charge < -0.3 is 5.11 Å². The van der Waals surface area contributed by atoms with Crippen molar-refractivity contribution in [3.8, 4) is 0 Å². The van der Waals surface area contributed by atoms with Gasteiger partial charge in [-0.3, -0.25) is 14.9 Å². The molecule has 0 spiro atoms. The highest BCUT2D eigenvalue weighted by Gasteiger charge is 2.31. The van der Waals surface area contributed by atoms with E-state index in [2.05, 4.69) is 4.74 Å². The predicted octanol–water partition coefficient (Wildman–Crippen LogP) is 2.33. The summed E-state index contributed by atoms with van der Waals surface area (Å²) in [5.74, 6) is -1.69. The van der Waals surface area contributed by atoms with Gasteiger partial charge in [-0.25, -0.2) is 4.79 Å². The van der Waals surface area contributed by atoms with Crippen LogP contribution in [0, 0.1) is 10.1 Å². The van der Waals surface area contributed by atoms with E-state index in [9.17, 15) is 28.1 Å². The lowest BCUT2D eigenvalue weighted by molar-refractivity contribution is -0.385. The first-order valence-electron chi connectivity index (χ1n) is 4.42. The monoisotopic (exact) mass is 265 g/mol. The van der Waals surface area contributed by atoms with Crippen LogP contribution in [0.1, 0.15) is 15.9 Å².